The van der Waals surface area contributed by atoms with Crippen molar-refractivity contribution in [1.82, 2.24) is 4.90 Å². The van der Waals surface area contributed by atoms with Gasteiger partial charge in [-0.15, -0.1) is 0 Å². The zero-order chi connectivity index (χ0) is 24.2. The van der Waals surface area contributed by atoms with Crippen LogP contribution in [0.15, 0.2) is 66.7 Å². The van der Waals surface area contributed by atoms with Crippen molar-refractivity contribution in [2.45, 2.75) is 13.1 Å². The van der Waals surface area contributed by atoms with Gasteiger partial charge in [0.25, 0.3) is 5.91 Å². The molecule has 0 unspecified atom stereocenters. The molecular formula is C24H24Cl2N2O4S. The zero-order valence-electron chi connectivity index (χ0n) is 18.5. The second kappa shape index (κ2) is 10.5. The number of para-hydroxylation sites is 1. The van der Waals surface area contributed by atoms with Gasteiger partial charge in [-0.1, -0.05) is 47.5 Å². The monoisotopic (exact) mass is 506 g/mol. The van der Waals surface area contributed by atoms with E-state index in [0.717, 1.165) is 11.8 Å². The number of sulfonamides is 1. The van der Waals surface area contributed by atoms with E-state index in [9.17, 15) is 13.2 Å². The van der Waals surface area contributed by atoms with Crippen LogP contribution < -0.4 is 9.04 Å². The van der Waals surface area contributed by atoms with Gasteiger partial charge in [-0.25, -0.2) is 8.42 Å². The smallest absolute Gasteiger partial charge is 0.253 e. The summed E-state index contributed by atoms with van der Waals surface area (Å²) in [6.45, 7) is 0.337. The number of carbonyl (C=O) groups is 1. The van der Waals surface area contributed by atoms with Gasteiger partial charge in [0.2, 0.25) is 10.0 Å². The fraction of sp³-hybridized carbons (Fsp3) is 0.208. The molecule has 0 bridgehead atoms. The number of nitrogens with zero attached hydrogens (tertiary/aromatic N) is 2. The lowest BCUT2D eigenvalue weighted by Crippen LogP contribution is -2.30. The molecule has 0 aliphatic rings. The first-order chi connectivity index (χ1) is 15.6. The van der Waals surface area contributed by atoms with Crippen molar-refractivity contribution < 1.29 is 17.9 Å². The maximum atomic E-state index is 12.9. The predicted molar refractivity (Wildman–Crippen MR) is 133 cm³/mol. The van der Waals surface area contributed by atoms with E-state index in [1.54, 1.807) is 61.5 Å². The van der Waals surface area contributed by atoms with Crippen molar-refractivity contribution >= 4 is 44.8 Å². The van der Waals surface area contributed by atoms with Crippen LogP contribution in [0.4, 0.5) is 5.69 Å². The number of anilines is 1. The van der Waals surface area contributed by atoms with E-state index in [0.29, 0.717) is 39.2 Å². The number of amides is 1. The molecule has 9 heteroatoms. The molecule has 0 spiro atoms. The van der Waals surface area contributed by atoms with Crippen LogP contribution in [0.1, 0.15) is 21.5 Å². The number of methoxy groups -OCH3 is 1. The summed E-state index contributed by atoms with van der Waals surface area (Å²) < 4.78 is 31.6. The summed E-state index contributed by atoms with van der Waals surface area (Å²) in [5, 5.41) is 0.752. The Kier molecular flexibility index (Phi) is 7.89. The van der Waals surface area contributed by atoms with Crippen LogP contribution in [-0.2, 0) is 23.1 Å². The molecule has 33 heavy (non-hydrogen) atoms. The molecule has 3 aromatic carbocycles. The van der Waals surface area contributed by atoms with Crippen LogP contribution in [-0.4, -0.2) is 39.6 Å². The SMILES string of the molecule is COc1ccccc1CN(C)C(=O)c1ccc(N(Cc2c(Cl)cccc2Cl)S(C)(=O)=O)cc1. The fourth-order valence-electron chi connectivity index (χ4n) is 3.38. The number of hydrogen-bond acceptors (Lipinski definition) is 4. The standard InChI is InChI=1S/C24H24Cl2N2O4S/c1-27(15-18-7-4-5-10-23(18)32-2)24(29)17-11-13-19(14-12-17)28(33(3,30)31)16-20-21(25)8-6-9-22(20)26/h4-14H,15-16H2,1-3H3. The highest BCUT2D eigenvalue weighted by Gasteiger charge is 2.21. The summed E-state index contributed by atoms with van der Waals surface area (Å²) in [4.78, 5) is 14.5. The van der Waals surface area contributed by atoms with Gasteiger partial charge in [0.05, 0.1) is 25.6 Å². The summed E-state index contributed by atoms with van der Waals surface area (Å²) in [5.41, 5.74) is 2.22. The molecule has 0 heterocycles. The molecule has 0 aliphatic heterocycles. The molecular weight excluding hydrogens is 483 g/mol. The second-order valence-corrected chi connectivity index (χ2v) is 10.2. The minimum absolute atomic E-state index is 0.0294. The van der Waals surface area contributed by atoms with E-state index < -0.39 is 10.0 Å². The highest BCUT2D eigenvalue weighted by atomic mass is 35.5. The number of hydrogen-bond donors (Lipinski definition) is 0. The average molecular weight is 507 g/mol. The van der Waals surface area contributed by atoms with E-state index in [1.165, 1.54) is 4.31 Å². The molecule has 1 amide bonds. The first-order valence-corrected chi connectivity index (χ1v) is 12.6. The van der Waals surface area contributed by atoms with Crippen LogP contribution >= 0.6 is 23.2 Å². The predicted octanol–water partition coefficient (Wildman–Crippen LogP) is 5.24. The molecule has 6 nitrogen and oxygen atoms in total. The first kappa shape index (κ1) is 24.9. The van der Waals surface area contributed by atoms with Gasteiger partial charge in [-0.2, -0.15) is 0 Å². The van der Waals surface area contributed by atoms with Crippen molar-refractivity contribution in [1.29, 1.82) is 0 Å². The van der Waals surface area contributed by atoms with E-state index in [1.807, 2.05) is 24.3 Å². The van der Waals surface area contributed by atoms with Gasteiger partial charge < -0.3 is 9.64 Å². The highest BCUT2D eigenvalue weighted by molar-refractivity contribution is 7.92. The molecule has 174 valence electrons. The number of halogens is 2. The Bertz CT molecular complexity index is 1230. The second-order valence-electron chi connectivity index (χ2n) is 7.49. The minimum atomic E-state index is -3.64. The Labute approximate surface area is 204 Å². The molecule has 0 saturated carbocycles. The van der Waals surface area contributed by atoms with E-state index >= 15 is 0 Å². The van der Waals surface area contributed by atoms with Crippen LogP contribution in [0.3, 0.4) is 0 Å². The Morgan fingerprint density at radius 1 is 0.909 bits per heavy atom. The summed E-state index contributed by atoms with van der Waals surface area (Å²) in [6, 6.07) is 18.9. The molecule has 0 aromatic heterocycles. The van der Waals surface area contributed by atoms with E-state index in [2.05, 4.69) is 0 Å². The van der Waals surface area contributed by atoms with Gasteiger partial charge in [0.1, 0.15) is 5.75 Å². The van der Waals surface area contributed by atoms with Crippen molar-refractivity contribution in [2.24, 2.45) is 0 Å². The molecule has 0 atom stereocenters. The van der Waals surface area contributed by atoms with Gasteiger partial charge in [0, 0.05) is 40.3 Å². The number of rotatable bonds is 8. The molecule has 0 aliphatic carbocycles. The normalized spacial score (nSPS) is 11.2. The first-order valence-electron chi connectivity index (χ1n) is 10.00. The summed E-state index contributed by atoms with van der Waals surface area (Å²) in [7, 11) is -0.355. The Morgan fingerprint density at radius 3 is 2.09 bits per heavy atom. The average Bonchev–Trinajstić information content (AvgIpc) is 2.78. The van der Waals surface area contributed by atoms with Crippen molar-refractivity contribution in [3.05, 3.63) is 93.5 Å². The lowest BCUT2D eigenvalue weighted by Gasteiger charge is -2.24. The fourth-order valence-corrected chi connectivity index (χ4v) is 4.76. The largest absolute Gasteiger partial charge is 0.496 e. The van der Waals surface area contributed by atoms with Crippen molar-refractivity contribution in [3.63, 3.8) is 0 Å². The third-order valence-electron chi connectivity index (χ3n) is 5.11. The van der Waals surface area contributed by atoms with Gasteiger partial charge in [0.15, 0.2) is 0 Å². The Hall–Kier alpha value is -2.74. The van der Waals surface area contributed by atoms with Crippen LogP contribution in [0.5, 0.6) is 5.75 Å². The summed E-state index contributed by atoms with van der Waals surface area (Å²) >= 11 is 12.5. The molecule has 0 radical (unpaired) electrons. The molecule has 0 fully saturated rings. The van der Waals surface area contributed by atoms with Crippen LogP contribution in [0, 0.1) is 0 Å². The minimum Gasteiger partial charge on any atom is -0.496 e. The Balaban J connectivity index is 1.82. The zero-order valence-corrected chi connectivity index (χ0v) is 20.8. The summed E-state index contributed by atoms with van der Waals surface area (Å²) in [5.74, 6) is 0.502. The summed E-state index contributed by atoms with van der Waals surface area (Å²) in [6.07, 6.45) is 1.11. The van der Waals surface area contributed by atoms with Crippen LogP contribution in [0.25, 0.3) is 0 Å². The van der Waals surface area contributed by atoms with Crippen LogP contribution in [0.2, 0.25) is 10.0 Å². The molecule has 3 rings (SSSR count). The van der Waals surface area contributed by atoms with E-state index in [-0.39, 0.29) is 12.5 Å². The maximum absolute atomic E-state index is 12.9. The molecule has 0 N–H and O–H groups in total. The highest BCUT2D eigenvalue weighted by Crippen LogP contribution is 2.29. The lowest BCUT2D eigenvalue weighted by molar-refractivity contribution is 0.0784. The number of benzene rings is 3. The molecule has 3 aromatic rings. The molecule has 0 saturated heterocycles. The van der Waals surface area contributed by atoms with Gasteiger partial charge in [-0.05, 0) is 42.5 Å². The van der Waals surface area contributed by atoms with Gasteiger partial charge in [-0.3, -0.25) is 9.10 Å². The van der Waals surface area contributed by atoms with Crippen molar-refractivity contribution in [2.75, 3.05) is 24.7 Å². The quantitative estimate of drug-likeness (QED) is 0.418. The van der Waals surface area contributed by atoms with Gasteiger partial charge >= 0.3 is 0 Å². The maximum Gasteiger partial charge on any atom is 0.253 e. The third kappa shape index (κ3) is 5.99. The third-order valence-corrected chi connectivity index (χ3v) is 6.96. The topological polar surface area (TPSA) is 66.9 Å². The lowest BCUT2D eigenvalue weighted by atomic mass is 10.1. The Morgan fingerprint density at radius 2 is 1.52 bits per heavy atom. The van der Waals surface area contributed by atoms with Crippen molar-refractivity contribution in [3.8, 4) is 5.75 Å². The number of carbonyl (C=O) groups excluding carboxylic acids is 1. The number of ether oxygens (including phenoxy) is 1. The van der Waals surface area contributed by atoms with E-state index in [4.69, 9.17) is 27.9 Å².